The lowest BCUT2D eigenvalue weighted by Gasteiger charge is -2.37. The number of fused-ring (bicyclic) bond motifs is 4. The molecule has 0 saturated carbocycles. The van der Waals surface area contributed by atoms with Crippen molar-refractivity contribution in [2.24, 2.45) is 5.10 Å². The molecule has 2 aromatic carbocycles. The molecule has 5 heteroatoms. The van der Waals surface area contributed by atoms with E-state index in [0.29, 0.717) is 0 Å². The van der Waals surface area contributed by atoms with Gasteiger partial charge in [-0.15, -0.1) is 11.3 Å². The number of para-hydroxylation sites is 2. The maximum Gasteiger partial charge on any atom is 0.215 e. The summed E-state index contributed by atoms with van der Waals surface area (Å²) in [5, 5.41) is 10.5. The fourth-order valence-electron chi connectivity index (χ4n) is 4.13. The number of H-pyrrole nitrogens is 1. The van der Waals surface area contributed by atoms with Gasteiger partial charge >= 0.3 is 0 Å². The average molecular weight is 371 g/mol. The number of hydrogen-bond donors (Lipinski definition) is 1. The molecule has 27 heavy (non-hydrogen) atoms. The molecule has 0 saturated heterocycles. The van der Waals surface area contributed by atoms with Gasteiger partial charge in [0.1, 0.15) is 5.75 Å². The molecular weight excluding hydrogens is 354 g/mol. The van der Waals surface area contributed by atoms with E-state index < -0.39 is 0 Å². The summed E-state index contributed by atoms with van der Waals surface area (Å²) in [4.78, 5) is 4.61. The molecule has 0 radical (unpaired) electrons. The summed E-state index contributed by atoms with van der Waals surface area (Å²) in [5.41, 5.74) is 4.60. The highest BCUT2D eigenvalue weighted by Gasteiger charge is 2.41. The van der Waals surface area contributed by atoms with Gasteiger partial charge in [0.05, 0.1) is 16.6 Å². The van der Waals surface area contributed by atoms with Gasteiger partial charge in [0.2, 0.25) is 6.23 Å². The summed E-state index contributed by atoms with van der Waals surface area (Å²) >= 11 is 1.74. The largest absolute Gasteiger partial charge is 0.464 e. The lowest BCUT2D eigenvalue weighted by atomic mass is 9.97. The van der Waals surface area contributed by atoms with E-state index in [0.717, 1.165) is 29.0 Å². The lowest BCUT2D eigenvalue weighted by Crippen LogP contribution is -2.33. The van der Waals surface area contributed by atoms with Crippen LogP contribution in [0, 0.1) is 0 Å². The molecule has 0 fully saturated rings. The molecule has 4 heterocycles. The first-order valence-electron chi connectivity index (χ1n) is 9.10. The number of hydrazone groups is 1. The Labute approximate surface area is 160 Å². The van der Waals surface area contributed by atoms with Gasteiger partial charge in [0.15, 0.2) is 0 Å². The van der Waals surface area contributed by atoms with Crippen LogP contribution in [0.3, 0.4) is 0 Å². The number of aromatic nitrogens is 1. The van der Waals surface area contributed by atoms with Crippen molar-refractivity contribution >= 4 is 28.0 Å². The zero-order valence-electron chi connectivity index (χ0n) is 14.5. The van der Waals surface area contributed by atoms with Gasteiger partial charge < -0.3 is 9.72 Å². The van der Waals surface area contributed by atoms with Gasteiger partial charge in [-0.2, -0.15) is 5.10 Å². The molecule has 1 N–H and O–H groups in total. The van der Waals surface area contributed by atoms with E-state index in [1.807, 2.05) is 12.1 Å². The highest BCUT2D eigenvalue weighted by atomic mass is 32.1. The van der Waals surface area contributed by atoms with Crippen molar-refractivity contribution in [3.05, 3.63) is 88.2 Å². The summed E-state index contributed by atoms with van der Waals surface area (Å²) in [7, 11) is 0. The molecule has 2 atom stereocenters. The average Bonchev–Trinajstić information content (AvgIpc) is 3.46. The predicted molar refractivity (Wildman–Crippen MR) is 108 cm³/mol. The summed E-state index contributed by atoms with van der Waals surface area (Å²) in [6.45, 7) is 0. The van der Waals surface area contributed by atoms with Crippen LogP contribution in [0.15, 0.2) is 77.3 Å². The van der Waals surface area contributed by atoms with Crippen molar-refractivity contribution in [2.45, 2.75) is 18.7 Å². The van der Waals surface area contributed by atoms with Crippen molar-refractivity contribution in [1.29, 1.82) is 0 Å². The minimum absolute atomic E-state index is 0.200. The maximum absolute atomic E-state index is 6.47. The van der Waals surface area contributed by atoms with Gasteiger partial charge in [-0.05, 0) is 23.6 Å². The Hall–Kier alpha value is -3.05. The van der Waals surface area contributed by atoms with E-state index in [1.165, 1.54) is 15.8 Å². The van der Waals surface area contributed by atoms with Crippen LogP contribution < -0.4 is 4.74 Å². The molecule has 0 amide bonds. The Morgan fingerprint density at radius 2 is 1.89 bits per heavy atom. The van der Waals surface area contributed by atoms with Crippen LogP contribution in [0.4, 0.5) is 0 Å². The van der Waals surface area contributed by atoms with Crippen molar-refractivity contribution in [3.8, 4) is 5.75 Å². The quantitative estimate of drug-likeness (QED) is 0.507. The molecule has 132 valence electrons. The summed E-state index contributed by atoms with van der Waals surface area (Å²) in [6, 6.07) is 21.1. The topological polar surface area (TPSA) is 40.6 Å². The first-order chi connectivity index (χ1) is 13.4. The smallest absolute Gasteiger partial charge is 0.215 e. The minimum atomic E-state index is -0.237. The molecule has 4 aromatic rings. The number of rotatable bonds is 2. The fourth-order valence-corrected chi connectivity index (χ4v) is 4.85. The van der Waals surface area contributed by atoms with Crippen LogP contribution in [0.5, 0.6) is 5.75 Å². The van der Waals surface area contributed by atoms with E-state index in [4.69, 9.17) is 9.84 Å². The van der Waals surface area contributed by atoms with Crippen LogP contribution in [0.1, 0.15) is 34.7 Å². The Balaban J connectivity index is 1.51. The predicted octanol–water partition coefficient (Wildman–Crippen LogP) is 5.47. The zero-order valence-corrected chi connectivity index (χ0v) is 15.3. The fraction of sp³-hybridized carbons (Fsp3) is 0.136. The SMILES string of the molecule is c1csc(C2=NN3C(C2)c2ccccc2OC3c2c[nH]c3ccccc23)c1. The van der Waals surface area contributed by atoms with Crippen LogP contribution in [0.2, 0.25) is 0 Å². The third-order valence-electron chi connectivity index (χ3n) is 5.39. The number of nitrogens with zero attached hydrogens (tertiary/aromatic N) is 2. The van der Waals surface area contributed by atoms with Gasteiger partial charge in [-0.1, -0.05) is 42.5 Å². The second kappa shape index (κ2) is 5.72. The number of thiophene rings is 1. The van der Waals surface area contributed by atoms with E-state index in [2.05, 4.69) is 70.1 Å². The third-order valence-corrected chi connectivity index (χ3v) is 6.31. The minimum Gasteiger partial charge on any atom is -0.464 e. The molecule has 0 aliphatic carbocycles. The van der Waals surface area contributed by atoms with E-state index in [-0.39, 0.29) is 12.3 Å². The van der Waals surface area contributed by atoms with Crippen LogP contribution in [-0.2, 0) is 0 Å². The number of ether oxygens (including phenoxy) is 1. The first-order valence-corrected chi connectivity index (χ1v) is 9.98. The molecule has 4 nitrogen and oxygen atoms in total. The monoisotopic (exact) mass is 371 g/mol. The number of aromatic amines is 1. The van der Waals surface area contributed by atoms with Gasteiger partial charge in [-0.25, -0.2) is 5.01 Å². The van der Waals surface area contributed by atoms with Crippen molar-refractivity contribution in [1.82, 2.24) is 9.99 Å². The lowest BCUT2D eigenvalue weighted by molar-refractivity contribution is -0.0180. The molecule has 2 aliphatic rings. The number of hydrogen-bond acceptors (Lipinski definition) is 4. The van der Waals surface area contributed by atoms with Crippen molar-refractivity contribution in [2.75, 3.05) is 0 Å². The molecule has 2 unspecified atom stereocenters. The maximum atomic E-state index is 6.47. The summed E-state index contributed by atoms with van der Waals surface area (Å²) < 4.78 is 6.47. The van der Waals surface area contributed by atoms with E-state index in [1.54, 1.807) is 11.3 Å². The third kappa shape index (κ3) is 2.25. The molecule has 2 aliphatic heterocycles. The van der Waals surface area contributed by atoms with Crippen LogP contribution in [-0.4, -0.2) is 15.7 Å². The second-order valence-corrected chi connectivity index (χ2v) is 7.87. The van der Waals surface area contributed by atoms with Gasteiger partial charge in [0.25, 0.3) is 0 Å². The van der Waals surface area contributed by atoms with Crippen LogP contribution in [0.25, 0.3) is 10.9 Å². The molecule has 6 rings (SSSR count). The van der Waals surface area contributed by atoms with Gasteiger partial charge in [0, 0.05) is 34.6 Å². The van der Waals surface area contributed by atoms with Crippen LogP contribution >= 0.6 is 11.3 Å². The van der Waals surface area contributed by atoms with E-state index >= 15 is 0 Å². The summed E-state index contributed by atoms with van der Waals surface area (Å²) in [6.07, 6.45) is 2.72. The highest BCUT2D eigenvalue weighted by molar-refractivity contribution is 7.12. The number of benzene rings is 2. The van der Waals surface area contributed by atoms with Gasteiger partial charge in [-0.3, -0.25) is 0 Å². The highest BCUT2D eigenvalue weighted by Crippen LogP contribution is 2.48. The number of nitrogens with one attached hydrogen (secondary N) is 1. The van der Waals surface area contributed by atoms with Crippen molar-refractivity contribution in [3.63, 3.8) is 0 Å². The second-order valence-electron chi connectivity index (χ2n) is 6.92. The normalized spacial score (nSPS) is 20.9. The molecular formula is C22H17N3OS. The summed E-state index contributed by atoms with van der Waals surface area (Å²) in [5.74, 6) is 0.955. The Morgan fingerprint density at radius 3 is 2.81 bits per heavy atom. The standard InChI is InChI=1S/C22H17N3OS/c1-3-8-17-14(6-1)16(13-23-17)22-25-19(15-7-2-4-9-20(15)26-22)12-18(24-25)21-10-5-11-27-21/h1-11,13,19,22-23H,12H2. The molecule has 2 aromatic heterocycles. The Kier molecular flexibility index (Phi) is 3.19. The zero-order chi connectivity index (χ0) is 17.8. The molecule has 0 bridgehead atoms. The first kappa shape index (κ1) is 15.1. The molecule has 0 spiro atoms. The Bertz CT molecular complexity index is 1160. The Morgan fingerprint density at radius 1 is 1.00 bits per heavy atom. The van der Waals surface area contributed by atoms with Crippen molar-refractivity contribution < 1.29 is 4.74 Å². The van der Waals surface area contributed by atoms with E-state index in [9.17, 15) is 0 Å².